The molecule has 1 unspecified atom stereocenters. The molecule has 1 fully saturated rings. The maximum Gasteiger partial charge on any atom is 0.0484 e. The molecule has 0 amide bonds. The van der Waals surface area contributed by atoms with Gasteiger partial charge >= 0.3 is 0 Å². The summed E-state index contributed by atoms with van der Waals surface area (Å²) in [6.07, 6.45) is 2.81. The van der Waals surface area contributed by atoms with Gasteiger partial charge in [-0.25, -0.2) is 0 Å². The van der Waals surface area contributed by atoms with Crippen molar-refractivity contribution in [2.24, 2.45) is 0 Å². The van der Waals surface area contributed by atoms with Gasteiger partial charge in [-0.15, -0.1) is 0 Å². The molecule has 1 aliphatic heterocycles. The van der Waals surface area contributed by atoms with Crippen LogP contribution < -0.4 is 0 Å². The highest BCUT2D eigenvalue weighted by Crippen LogP contribution is 2.42. The molecule has 1 aromatic rings. The number of likely N-dealkylation sites (N-methyl/N-ethyl adjacent to an activating group) is 1. The Kier molecular flexibility index (Phi) is 3.40. The Balaban J connectivity index is 1.83. The molecule has 0 N–H and O–H groups in total. The van der Waals surface area contributed by atoms with Crippen LogP contribution in [-0.4, -0.2) is 35.5 Å². The molecule has 1 aliphatic carbocycles. The van der Waals surface area contributed by atoms with Crippen LogP contribution in [0, 0.1) is 0 Å². The van der Waals surface area contributed by atoms with Crippen molar-refractivity contribution in [3.8, 4) is 0 Å². The van der Waals surface area contributed by atoms with Crippen LogP contribution in [0.4, 0.5) is 0 Å². The molecule has 1 aromatic carbocycles. The third-order valence-corrected chi connectivity index (χ3v) is 4.51. The Labute approximate surface area is 111 Å². The van der Waals surface area contributed by atoms with Gasteiger partial charge in [0.1, 0.15) is 0 Å². The minimum atomic E-state index is 0.633. The Bertz CT molecular complexity index is 407. The lowest BCUT2D eigenvalue weighted by molar-refractivity contribution is 0.149. The zero-order valence-corrected chi connectivity index (χ0v) is 11.6. The summed E-state index contributed by atoms with van der Waals surface area (Å²) < 4.78 is 0. The van der Waals surface area contributed by atoms with E-state index in [0.717, 1.165) is 19.1 Å². The zero-order valence-electron chi connectivity index (χ0n) is 11.6. The second-order valence-electron chi connectivity index (χ2n) is 5.60. The van der Waals surface area contributed by atoms with Gasteiger partial charge in [0.2, 0.25) is 0 Å². The molecule has 3 rings (SSSR count). The Morgan fingerprint density at radius 1 is 1.17 bits per heavy atom. The molecule has 1 atom stereocenters. The molecular weight excluding hydrogens is 220 g/mol. The van der Waals surface area contributed by atoms with Crippen LogP contribution in [-0.2, 0) is 6.54 Å². The molecule has 2 heteroatoms. The van der Waals surface area contributed by atoms with Gasteiger partial charge in [-0.1, -0.05) is 38.1 Å². The highest BCUT2D eigenvalue weighted by molar-refractivity contribution is 5.35. The predicted molar refractivity (Wildman–Crippen MR) is 75.5 cm³/mol. The van der Waals surface area contributed by atoms with E-state index in [0.29, 0.717) is 6.04 Å². The topological polar surface area (TPSA) is 6.48 Å². The molecule has 0 saturated heterocycles. The highest BCUT2D eigenvalue weighted by Gasteiger charge is 2.39. The molecule has 1 saturated carbocycles. The van der Waals surface area contributed by atoms with E-state index in [1.807, 2.05) is 0 Å². The second kappa shape index (κ2) is 5.02. The molecular formula is C16H24N2. The van der Waals surface area contributed by atoms with E-state index in [1.165, 1.54) is 25.9 Å². The van der Waals surface area contributed by atoms with E-state index >= 15 is 0 Å². The summed E-state index contributed by atoms with van der Waals surface area (Å²) in [6.45, 7) is 9.23. The number of nitrogens with zero attached hydrogens (tertiary/aromatic N) is 2. The first-order valence-electron chi connectivity index (χ1n) is 7.39. The predicted octanol–water partition coefficient (Wildman–Crippen LogP) is 3.05. The molecule has 0 aromatic heterocycles. The fourth-order valence-corrected chi connectivity index (χ4v) is 3.21. The maximum atomic E-state index is 2.74. The number of fused-ring (bicyclic) bond motifs is 1. The van der Waals surface area contributed by atoms with Gasteiger partial charge < -0.3 is 4.90 Å². The molecule has 2 aliphatic rings. The summed E-state index contributed by atoms with van der Waals surface area (Å²) in [6, 6.07) is 10.5. The van der Waals surface area contributed by atoms with Crippen molar-refractivity contribution in [1.29, 1.82) is 0 Å². The van der Waals surface area contributed by atoms with Gasteiger partial charge in [0.15, 0.2) is 0 Å². The molecule has 0 spiro atoms. The maximum absolute atomic E-state index is 2.74. The van der Waals surface area contributed by atoms with Crippen molar-refractivity contribution in [2.75, 3.05) is 19.6 Å². The minimum absolute atomic E-state index is 0.633. The number of benzene rings is 1. The zero-order chi connectivity index (χ0) is 12.5. The van der Waals surface area contributed by atoms with E-state index in [1.54, 1.807) is 11.1 Å². The molecule has 98 valence electrons. The summed E-state index contributed by atoms with van der Waals surface area (Å²) >= 11 is 0. The van der Waals surface area contributed by atoms with Crippen LogP contribution in [0.3, 0.4) is 0 Å². The number of rotatable bonds is 5. The smallest absolute Gasteiger partial charge is 0.0484 e. The van der Waals surface area contributed by atoms with Crippen LogP contribution in [0.1, 0.15) is 43.9 Å². The van der Waals surface area contributed by atoms with E-state index in [-0.39, 0.29) is 0 Å². The summed E-state index contributed by atoms with van der Waals surface area (Å²) in [5.41, 5.74) is 3.14. The summed E-state index contributed by atoms with van der Waals surface area (Å²) in [7, 11) is 0. The van der Waals surface area contributed by atoms with Crippen molar-refractivity contribution in [3.05, 3.63) is 35.4 Å². The SMILES string of the molecule is CCN(CC)CC1c2ccccc2CN1C1CC1. The first-order valence-corrected chi connectivity index (χ1v) is 7.39. The quantitative estimate of drug-likeness (QED) is 0.785. The summed E-state index contributed by atoms with van der Waals surface area (Å²) in [5.74, 6) is 0. The normalized spacial score (nSPS) is 23.6. The highest BCUT2D eigenvalue weighted by atomic mass is 15.3. The van der Waals surface area contributed by atoms with E-state index < -0.39 is 0 Å². The van der Waals surface area contributed by atoms with Gasteiger partial charge in [-0.2, -0.15) is 0 Å². The Morgan fingerprint density at radius 3 is 2.56 bits per heavy atom. The summed E-state index contributed by atoms with van der Waals surface area (Å²) in [5, 5.41) is 0. The first-order chi connectivity index (χ1) is 8.83. The average Bonchev–Trinajstić information content (AvgIpc) is 3.19. The van der Waals surface area contributed by atoms with Gasteiger partial charge in [0, 0.05) is 25.2 Å². The Morgan fingerprint density at radius 2 is 1.89 bits per heavy atom. The van der Waals surface area contributed by atoms with Crippen LogP contribution in [0.15, 0.2) is 24.3 Å². The monoisotopic (exact) mass is 244 g/mol. The minimum Gasteiger partial charge on any atom is -0.302 e. The first kappa shape index (κ1) is 12.2. The van der Waals surface area contributed by atoms with Crippen molar-refractivity contribution < 1.29 is 0 Å². The van der Waals surface area contributed by atoms with E-state index in [9.17, 15) is 0 Å². The lowest BCUT2D eigenvalue weighted by Gasteiger charge is -2.30. The van der Waals surface area contributed by atoms with Gasteiger partial charge in [0.25, 0.3) is 0 Å². The molecule has 0 radical (unpaired) electrons. The van der Waals surface area contributed by atoms with Crippen molar-refractivity contribution in [3.63, 3.8) is 0 Å². The summed E-state index contributed by atoms with van der Waals surface area (Å²) in [4.78, 5) is 5.30. The molecule has 2 nitrogen and oxygen atoms in total. The van der Waals surface area contributed by atoms with Crippen LogP contribution in [0.2, 0.25) is 0 Å². The van der Waals surface area contributed by atoms with E-state index in [4.69, 9.17) is 0 Å². The van der Waals surface area contributed by atoms with Crippen molar-refractivity contribution in [2.45, 2.75) is 45.3 Å². The lowest BCUT2D eigenvalue weighted by Crippen LogP contribution is -2.35. The standard InChI is InChI=1S/C16H24N2/c1-3-17(4-2)12-16-15-8-6-5-7-13(15)11-18(16)14-9-10-14/h5-8,14,16H,3-4,9-12H2,1-2H3. The Hall–Kier alpha value is -0.860. The number of hydrogen-bond donors (Lipinski definition) is 0. The average molecular weight is 244 g/mol. The van der Waals surface area contributed by atoms with Crippen LogP contribution >= 0.6 is 0 Å². The van der Waals surface area contributed by atoms with E-state index in [2.05, 4.69) is 47.9 Å². The third-order valence-electron chi connectivity index (χ3n) is 4.51. The van der Waals surface area contributed by atoms with Crippen LogP contribution in [0.5, 0.6) is 0 Å². The lowest BCUT2D eigenvalue weighted by atomic mass is 10.0. The molecule has 1 heterocycles. The van der Waals surface area contributed by atoms with Crippen molar-refractivity contribution >= 4 is 0 Å². The van der Waals surface area contributed by atoms with Crippen LogP contribution in [0.25, 0.3) is 0 Å². The fraction of sp³-hybridized carbons (Fsp3) is 0.625. The van der Waals surface area contributed by atoms with Gasteiger partial charge in [0.05, 0.1) is 0 Å². The third kappa shape index (κ3) is 2.19. The largest absolute Gasteiger partial charge is 0.302 e. The number of hydrogen-bond acceptors (Lipinski definition) is 2. The van der Waals surface area contributed by atoms with Crippen molar-refractivity contribution in [1.82, 2.24) is 9.80 Å². The van der Waals surface area contributed by atoms with Gasteiger partial charge in [-0.05, 0) is 37.1 Å². The van der Waals surface area contributed by atoms with Gasteiger partial charge in [-0.3, -0.25) is 4.90 Å². The molecule has 0 bridgehead atoms. The second-order valence-corrected chi connectivity index (χ2v) is 5.60. The fourth-order valence-electron chi connectivity index (χ4n) is 3.21. The molecule has 18 heavy (non-hydrogen) atoms.